The average molecular weight is 340 g/mol. The van der Waals surface area contributed by atoms with Gasteiger partial charge in [0.1, 0.15) is 5.60 Å². The van der Waals surface area contributed by atoms with Crippen LogP contribution in [0.25, 0.3) is 5.69 Å². The number of amides is 2. The van der Waals surface area contributed by atoms with Crippen LogP contribution in [0.3, 0.4) is 0 Å². The molecule has 0 saturated heterocycles. The van der Waals surface area contributed by atoms with Crippen molar-refractivity contribution < 1.29 is 9.90 Å². The maximum absolute atomic E-state index is 12.2. The lowest BCUT2D eigenvalue weighted by Crippen LogP contribution is -2.40. The van der Waals surface area contributed by atoms with Crippen LogP contribution in [0, 0.1) is 0 Å². The Labute approximate surface area is 145 Å². The van der Waals surface area contributed by atoms with Crippen molar-refractivity contribution in [3.05, 3.63) is 60.7 Å². The van der Waals surface area contributed by atoms with Crippen molar-refractivity contribution in [1.29, 1.82) is 0 Å². The molecule has 0 saturated carbocycles. The first-order valence-corrected chi connectivity index (χ1v) is 7.81. The molecule has 25 heavy (non-hydrogen) atoms. The lowest BCUT2D eigenvalue weighted by Gasteiger charge is -2.22. The molecule has 2 heterocycles. The van der Waals surface area contributed by atoms with Crippen LogP contribution in [-0.2, 0) is 12.6 Å². The summed E-state index contributed by atoms with van der Waals surface area (Å²) >= 11 is 0. The van der Waals surface area contributed by atoms with Gasteiger partial charge in [-0.15, -0.1) is 0 Å². The van der Waals surface area contributed by atoms with Crippen molar-refractivity contribution in [2.45, 2.75) is 12.5 Å². The maximum atomic E-state index is 12.2. The van der Waals surface area contributed by atoms with Crippen LogP contribution >= 0.6 is 0 Å². The topological polar surface area (TPSA) is 97.0 Å². The number of hydrogen-bond donors (Lipinski definition) is 3. The quantitative estimate of drug-likeness (QED) is 0.658. The minimum atomic E-state index is -1.22. The monoisotopic (exact) mass is 340 g/mol. The normalized spacial score (nSPS) is 13.2. The number of nitrogens with zero attached hydrogens (tertiary/aromatic N) is 4. The second-order valence-corrected chi connectivity index (χ2v) is 5.95. The zero-order chi connectivity index (χ0) is 17.9. The number of hydrogen-bond acceptors (Lipinski definition) is 4. The Morgan fingerprint density at radius 3 is 2.76 bits per heavy atom. The van der Waals surface area contributed by atoms with E-state index in [2.05, 4.69) is 20.8 Å². The molecule has 130 valence electrons. The summed E-state index contributed by atoms with van der Waals surface area (Å²) in [6.45, 7) is 1.68. The van der Waals surface area contributed by atoms with E-state index in [9.17, 15) is 9.90 Å². The largest absolute Gasteiger partial charge is 0.383 e. The van der Waals surface area contributed by atoms with Gasteiger partial charge in [0.15, 0.2) is 0 Å². The fourth-order valence-electron chi connectivity index (χ4n) is 2.41. The molecule has 1 aromatic carbocycles. The van der Waals surface area contributed by atoms with E-state index in [0.29, 0.717) is 11.3 Å². The molecule has 0 aliphatic rings. The number of urea groups is 1. The molecule has 2 aromatic heterocycles. The lowest BCUT2D eigenvalue weighted by atomic mass is 10.00. The van der Waals surface area contributed by atoms with Crippen LogP contribution in [0.1, 0.15) is 12.5 Å². The summed E-state index contributed by atoms with van der Waals surface area (Å²) in [4.78, 5) is 12.2. The Morgan fingerprint density at radius 2 is 2.08 bits per heavy atom. The molecule has 3 N–H and O–H groups in total. The average Bonchev–Trinajstić information content (AvgIpc) is 3.25. The van der Waals surface area contributed by atoms with Crippen molar-refractivity contribution in [3.63, 3.8) is 0 Å². The summed E-state index contributed by atoms with van der Waals surface area (Å²) in [5.74, 6) is 0. The number of aromatic nitrogens is 4. The molecule has 0 spiro atoms. The molecular weight excluding hydrogens is 320 g/mol. The first-order chi connectivity index (χ1) is 12.0. The van der Waals surface area contributed by atoms with Crippen LogP contribution in [0.5, 0.6) is 0 Å². The third kappa shape index (κ3) is 3.86. The zero-order valence-corrected chi connectivity index (χ0v) is 14.0. The maximum Gasteiger partial charge on any atom is 0.319 e. The van der Waals surface area contributed by atoms with Crippen LogP contribution in [-0.4, -0.2) is 37.2 Å². The number of carbonyl (C=O) groups excluding carboxylic acids is 1. The summed E-state index contributed by atoms with van der Waals surface area (Å²) in [5.41, 5.74) is 0.784. The second-order valence-electron chi connectivity index (χ2n) is 5.95. The molecule has 0 radical (unpaired) electrons. The van der Waals surface area contributed by atoms with Gasteiger partial charge in [-0.3, -0.25) is 4.68 Å². The lowest BCUT2D eigenvalue weighted by molar-refractivity contribution is 0.0599. The van der Waals surface area contributed by atoms with E-state index in [-0.39, 0.29) is 6.54 Å². The number of aliphatic hydroxyl groups is 1. The van der Waals surface area contributed by atoms with E-state index >= 15 is 0 Å². The molecule has 3 aromatic rings. The van der Waals surface area contributed by atoms with Gasteiger partial charge in [-0.05, 0) is 25.1 Å². The molecule has 2 amide bonds. The molecule has 8 nitrogen and oxygen atoms in total. The first kappa shape index (κ1) is 16.7. The Bertz CT molecular complexity index is 854. The smallest absolute Gasteiger partial charge is 0.319 e. The molecule has 0 aliphatic carbocycles. The zero-order valence-electron chi connectivity index (χ0n) is 14.0. The van der Waals surface area contributed by atoms with Gasteiger partial charge in [-0.2, -0.15) is 10.2 Å². The van der Waals surface area contributed by atoms with E-state index in [1.165, 1.54) is 0 Å². The SMILES string of the molecule is Cn1cc(C(C)(O)CNC(=O)Nc2ccccc2-n2cccn2)cn1. The Balaban J connectivity index is 1.66. The van der Waals surface area contributed by atoms with Crippen LogP contribution in [0.2, 0.25) is 0 Å². The van der Waals surface area contributed by atoms with Gasteiger partial charge in [0, 0.05) is 31.2 Å². The number of aryl methyl sites for hydroxylation is 1. The predicted molar refractivity (Wildman–Crippen MR) is 93.4 cm³/mol. The van der Waals surface area contributed by atoms with E-state index in [1.54, 1.807) is 54.2 Å². The molecule has 8 heteroatoms. The van der Waals surface area contributed by atoms with Crippen molar-refractivity contribution in [2.24, 2.45) is 7.05 Å². The second kappa shape index (κ2) is 6.78. The summed E-state index contributed by atoms with van der Waals surface area (Å²) < 4.78 is 3.27. The number of anilines is 1. The minimum absolute atomic E-state index is 0.0501. The number of carbonyl (C=O) groups is 1. The molecule has 0 aliphatic heterocycles. The predicted octanol–water partition coefficient (Wildman–Crippen LogP) is 1.63. The first-order valence-electron chi connectivity index (χ1n) is 7.81. The highest BCUT2D eigenvalue weighted by atomic mass is 16.3. The molecular formula is C17H20N6O2. The number of rotatable bonds is 5. The van der Waals surface area contributed by atoms with Crippen molar-refractivity contribution in [2.75, 3.05) is 11.9 Å². The fourth-order valence-corrected chi connectivity index (χ4v) is 2.41. The highest BCUT2D eigenvalue weighted by Gasteiger charge is 2.25. The van der Waals surface area contributed by atoms with E-state index in [0.717, 1.165) is 5.69 Å². The Morgan fingerprint density at radius 1 is 1.28 bits per heavy atom. The van der Waals surface area contributed by atoms with Gasteiger partial charge >= 0.3 is 6.03 Å². The number of para-hydroxylation sites is 2. The fraction of sp³-hybridized carbons (Fsp3) is 0.235. The van der Waals surface area contributed by atoms with Gasteiger partial charge in [0.25, 0.3) is 0 Å². The third-order valence-corrected chi connectivity index (χ3v) is 3.82. The highest BCUT2D eigenvalue weighted by Crippen LogP contribution is 2.20. The number of nitrogens with one attached hydrogen (secondary N) is 2. The minimum Gasteiger partial charge on any atom is -0.383 e. The van der Waals surface area contributed by atoms with E-state index < -0.39 is 11.6 Å². The van der Waals surface area contributed by atoms with Gasteiger partial charge in [0.05, 0.1) is 24.1 Å². The van der Waals surface area contributed by atoms with Gasteiger partial charge < -0.3 is 15.7 Å². The number of benzene rings is 1. The summed E-state index contributed by atoms with van der Waals surface area (Å²) in [5, 5.41) is 24.2. The molecule has 1 atom stereocenters. The summed E-state index contributed by atoms with van der Waals surface area (Å²) in [6, 6.07) is 8.73. The molecule has 0 fully saturated rings. The highest BCUT2D eigenvalue weighted by molar-refractivity contribution is 5.91. The van der Waals surface area contributed by atoms with Crippen molar-refractivity contribution >= 4 is 11.7 Å². The van der Waals surface area contributed by atoms with Gasteiger partial charge in [0.2, 0.25) is 0 Å². The molecule has 3 rings (SSSR count). The van der Waals surface area contributed by atoms with Crippen LogP contribution in [0.15, 0.2) is 55.1 Å². The van der Waals surface area contributed by atoms with Gasteiger partial charge in [-0.25, -0.2) is 9.48 Å². The van der Waals surface area contributed by atoms with E-state index in [1.807, 2.05) is 24.3 Å². The van der Waals surface area contributed by atoms with Gasteiger partial charge in [-0.1, -0.05) is 12.1 Å². The van der Waals surface area contributed by atoms with Crippen molar-refractivity contribution in [3.8, 4) is 5.69 Å². The standard InChI is InChI=1S/C17H20N6O2/c1-17(25,13-10-20-22(2)11-13)12-18-16(24)21-14-6-3-4-7-15(14)23-9-5-8-19-23/h3-11,25H,12H2,1-2H3,(H2,18,21,24). The third-order valence-electron chi connectivity index (χ3n) is 3.82. The van der Waals surface area contributed by atoms with Crippen LogP contribution in [0.4, 0.5) is 10.5 Å². The molecule has 0 bridgehead atoms. The molecule has 1 unspecified atom stereocenters. The van der Waals surface area contributed by atoms with E-state index in [4.69, 9.17) is 0 Å². The summed E-state index contributed by atoms with van der Waals surface area (Å²) in [6.07, 6.45) is 6.76. The Hall–Kier alpha value is -3.13. The summed E-state index contributed by atoms with van der Waals surface area (Å²) in [7, 11) is 1.77. The van der Waals surface area contributed by atoms with Crippen molar-refractivity contribution in [1.82, 2.24) is 24.9 Å². The Kier molecular flexibility index (Phi) is 4.53. The van der Waals surface area contributed by atoms with Crippen LogP contribution < -0.4 is 10.6 Å².